The Morgan fingerprint density at radius 2 is 1.79 bits per heavy atom. The van der Waals surface area contributed by atoms with Crippen molar-refractivity contribution in [3.05, 3.63) is 68.6 Å². The molecule has 0 spiro atoms. The molecule has 19 heavy (non-hydrogen) atoms. The van der Waals surface area contributed by atoms with Crippen molar-refractivity contribution in [1.82, 2.24) is 5.32 Å². The Balaban J connectivity index is 1.56. The largest absolute Gasteiger partial charge is 0.309 e. The van der Waals surface area contributed by atoms with Crippen LogP contribution in [0.2, 0.25) is 0 Å². The molecular weight excluding hydrogens is 366 g/mol. The topological polar surface area (TPSA) is 12.0 Å². The Kier molecular flexibility index (Phi) is 4.06. The molecule has 1 nitrogen and oxygen atoms in total. The van der Waals surface area contributed by atoms with E-state index in [2.05, 4.69) is 85.7 Å². The van der Waals surface area contributed by atoms with Crippen LogP contribution in [0, 0.1) is 0 Å². The van der Waals surface area contributed by atoms with Gasteiger partial charge < -0.3 is 5.32 Å². The van der Waals surface area contributed by atoms with Crippen LogP contribution in [-0.4, -0.2) is 6.04 Å². The molecule has 0 aliphatic heterocycles. The first kappa shape index (κ1) is 13.3. The van der Waals surface area contributed by atoms with Gasteiger partial charge in [-0.2, -0.15) is 0 Å². The Morgan fingerprint density at radius 1 is 1.00 bits per heavy atom. The fourth-order valence-electron chi connectivity index (χ4n) is 2.39. The fraction of sp³-hybridized carbons (Fsp3) is 0.250. The molecule has 3 rings (SSSR count). The minimum absolute atomic E-state index is 0.629. The van der Waals surface area contributed by atoms with Gasteiger partial charge in [0.15, 0.2) is 0 Å². The molecule has 0 heterocycles. The molecule has 2 atom stereocenters. The highest BCUT2D eigenvalue weighted by molar-refractivity contribution is 9.13. The van der Waals surface area contributed by atoms with Gasteiger partial charge in [0.1, 0.15) is 0 Å². The van der Waals surface area contributed by atoms with E-state index in [4.69, 9.17) is 0 Å². The average Bonchev–Trinajstić information content (AvgIpc) is 3.21. The van der Waals surface area contributed by atoms with Crippen molar-refractivity contribution in [2.24, 2.45) is 0 Å². The van der Waals surface area contributed by atoms with Crippen molar-refractivity contribution >= 4 is 31.9 Å². The van der Waals surface area contributed by atoms with Crippen LogP contribution in [0.5, 0.6) is 0 Å². The van der Waals surface area contributed by atoms with Gasteiger partial charge in [0.05, 0.1) is 0 Å². The summed E-state index contributed by atoms with van der Waals surface area (Å²) in [6.07, 6.45) is 1.25. The Hall–Kier alpha value is -0.640. The van der Waals surface area contributed by atoms with Gasteiger partial charge in [-0.15, -0.1) is 0 Å². The lowest BCUT2D eigenvalue weighted by Gasteiger charge is -2.06. The molecule has 1 saturated carbocycles. The molecule has 0 radical (unpaired) electrons. The molecule has 0 bridgehead atoms. The van der Waals surface area contributed by atoms with Crippen molar-refractivity contribution in [3.63, 3.8) is 0 Å². The molecule has 2 aromatic rings. The van der Waals surface area contributed by atoms with E-state index in [1.165, 1.54) is 17.5 Å². The smallest absolute Gasteiger partial charge is 0.0320 e. The Labute approximate surface area is 130 Å². The van der Waals surface area contributed by atoms with E-state index in [1.54, 1.807) is 0 Å². The number of rotatable bonds is 4. The molecule has 0 aromatic heterocycles. The normalized spacial score (nSPS) is 21.4. The fourth-order valence-corrected chi connectivity index (χ4v) is 3.06. The van der Waals surface area contributed by atoms with E-state index >= 15 is 0 Å². The third kappa shape index (κ3) is 3.28. The summed E-state index contributed by atoms with van der Waals surface area (Å²) >= 11 is 7.04. The van der Waals surface area contributed by atoms with Gasteiger partial charge >= 0.3 is 0 Å². The zero-order chi connectivity index (χ0) is 13.2. The third-order valence-corrected chi connectivity index (χ3v) is 5.45. The first-order valence-electron chi connectivity index (χ1n) is 6.46. The standard InChI is InChI=1S/C16H15Br2N/c17-14-7-6-11(8-15(14)18)10-19-16-9-13(16)12-4-2-1-3-5-12/h1-8,13,16,19H,9-10H2. The summed E-state index contributed by atoms with van der Waals surface area (Å²) in [7, 11) is 0. The monoisotopic (exact) mass is 379 g/mol. The van der Waals surface area contributed by atoms with Gasteiger partial charge in [-0.3, -0.25) is 0 Å². The summed E-state index contributed by atoms with van der Waals surface area (Å²) < 4.78 is 2.21. The first-order chi connectivity index (χ1) is 9.24. The molecule has 2 unspecified atom stereocenters. The van der Waals surface area contributed by atoms with Crippen LogP contribution in [0.3, 0.4) is 0 Å². The van der Waals surface area contributed by atoms with Gasteiger partial charge in [0, 0.05) is 27.4 Å². The molecule has 3 heteroatoms. The average molecular weight is 381 g/mol. The van der Waals surface area contributed by atoms with E-state index in [0.29, 0.717) is 12.0 Å². The van der Waals surface area contributed by atoms with Crippen molar-refractivity contribution in [2.75, 3.05) is 0 Å². The maximum absolute atomic E-state index is 3.63. The highest BCUT2D eigenvalue weighted by Gasteiger charge is 2.37. The molecule has 2 aromatic carbocycles. The van der Waals surface area contributed by atoms with Crippen molar-refractivity contribution in [1.29, 1.82) is 0 Å². The lowest BCUT2D eigenvalue weighted by molar-refractivity contribution is 0.672. The Morgan fingerprint density at radius 3 is 2.53 bits per heavy atom. The molecule has 0 amide bonds. The van der Waals surface area contributed by atoms with Crippen LogP contribution in [-0.2, 0) is 6.54 Å². The van der Waals surface area contributed by atoms with Crippen LogP contribution in [0.25, 0.3) is 0 Å². The predicted octanol–water partition coefficient (Wildman–Crippen LogP) is 4.86. The third-order valence-electron chi connectivity index (χ3n) is 3.57. The van der Waals surface area contributed by atoms with Gasteiger partial charge in [-0.05, 0) is 61.5 Å². The van der Waals surface area contributed by atoms with Gasteiger partial charge in [0.2, 0.25) is 0 Å². The lowest BCUT2D eigenvalue weighted by atomic mass is 10.1. The number of halogens is 2. The van der Waals surface area contributed by atoms with Crippen LogP contribution >= 0.6 is 31.9 Å². The number of hydrogen-bond donors (Lipinski definition) is 1. The second kappa shape index (κ2) is 5.78. The first-order valence-corrected chi connectivity index (χ1v) is 8.05. The van der Waals surface area contributed by atoms with E-state index in [0.717, 1.165) is 15.5 Å². The summed E-state index contributed by atoms with van der Waals surface area (Å²) in [6, 6.07) is 17.8. The molecule has 1 aliphatic rings. The summed E-state index contributed by atoms with van der Waals surface area (Å²) in [6.45, 7) is 0.930. The highest BCUT2D eigenvalue weighted by Crippen LogP contribution is 2.40. The zero-order valence-electron chi connectivity index (χ0n) is 10.4. The molecule has 1 N–H and O–H groups in total. The van der Waals surface area contributed by atoms with Gasteiger partial charge in [-0.1, -0.05) is 36.4 Å². The van der Waals surface area contributed by atoms with Crippen LogP contribution in [0.4, 0.5) is 0 Å². The van der Waals surface area contributed by atoms with Crippen LogP contribution in [0.15, 0.2) is 57.5 Å². The summed E-state index contributed by atoms with van der Waals surface area (Å²) in [4.78, 5) is 0. The van der Waals surface area contributed by atoms with Gasteiger partial charge in [0.25, 0.3) is 0 Å². The summed E-state index contributed by atoms with van der Waals surface area (Å²) in [5, 5.41) is 3.63. The predicted molar refractivity (Wildman–Crippen MR) is 86.3 cm³/mol. The molecule has 98 valence electrons. The van der Waals surface area contributed by atoms with Gasteiger partial charge in [-0.25, -0.2) is 0 Å². The second-order valence-electron chi connectivity index (χ2n) is 4.99. The molecule has 1 aliphatic carbocycles. The molecule has 0 saturated heterocycles. The number of nitrogens with one attached hydrogen (secondary N) is 1. The van der Waals surface area contributed by atoms with E-state index in [-0.39, 0.29) is 0 Å². The Bertz CT molecular complexity index is 568. The van der Waals surface area contributed by atoms with E-state index in [9.17, 15) is 0 Å². The van der Waals surface area contributed by atoms with Crippen molar-refractivity contribution < 1.29 is 0 Å². The van der Waals surface area contributed by atoms with Crippen molar-refractivity contribution in [3.8, 4) is 0 Å². The van der Waals surface area contributed by atoms with E-state index in [1.807, 2.05) is 0 Å². The number of benzene rings is 2. The SMILES string of the molecule is Brc1ccc(CNC2CC2c2ccccc2)cc1Br. The highest BCUT2D eigenvalue weighted by atomic mass is 79.9. The van der Waals surface area contributed by atoms with E-state index < -0.39 is 0 Å². The summed E-state index contributed by atoms with van der Waals surface area (Å²) in [5.74, 6) is 0.695. The molecular formula is C16H15Br2N. The quantitative estimate of drug-likeness (QED) is 0.798. The maximum Gasteiger partial charge on any atom is 0.0320 e. The summed E-state index contributed by atoms with van der Waals surface area (Å²) in [5.41, 5.74) is 2.77. The molecule has 1 fully saturated rings. The maximum atomic E-state index is 3.63. The zero-order valence-corrected chi connectivity index (χ0v) is 13.6. The minimum atomic E-state index is 0.629. The van der Waals surface area contributed by atoms with Crippen molar-refractivity contribution in [2.45, 2.75) is 24.9 Å². The van der Waals surface area contributed by atoms with Crippen LogP contribution in [0.1, 0.15) is 23.5 Å². The van der Waals surface area contributed by atoms with Crippen LogP contribution < -0.4 is 5.32 Å². The minimum Gasteiger partial charge on any atom is -0.309 e. The lowest BCUT2D eigenvalue weighted by Crippen LogP contribution is -2.17. The number of hydrogen-bond acceptors (Lipinski definition) is 1. The second-order valence-corrected chi connectivity index (χ2v) is 6.70.